The highest BCUT2D eigenvalue weighted by atomic mass is 16.5. The van der Waals surface area contributed by atoms with E-state index in [1.54, 1.807) is 24.5 Å². The normalized spacial score (nSPS) is 15.8. The Labute approximate surface area is 190 Å². The topological polar surface area (TPSA) is 54.5 Å². The maximum Gasteiger partial charge on any atom is 0.251 e. The Balaban J connectivity index is 1.20. The molecule has 1 saturated heterocycles. The number of hydrogen-bond acceptors (Lipinski definition) is 4. The summed E-state index contributed by atoms with van der Waals surface area (Å²) in [5, 5.41) is 2.90. The monoisotopic (exact) mass is 429 g/mol. The second-order valence-electron chi connectivity index (χ2n) is 8.48. The summed E-state index contributed by atoms with van der Waals surface area (Å²) in [4.78, 5) is 18.6. The number of aromatic nitrogens is 1. The minimum atomic E-state index is -0.122. The number of amides is 1. The van der Waals surface area contributed by atoms with Crippen LogP contribution >= 0.6 is 0 Å². The van der Waals surface area contributed by atoms with Crippen molar-refractivity contribution in [2.45, 2.75) is 38.3 Å². The minimum absolute atomic E-state index is 0.116. The molecule has 32 heavy (non-hydrogen) atoms. The molecule has 1 aliphatic heterocycles. The molecular formula is C27H31N3O2. The molecule has 2 heterocycles. The van der Waals surface area contributed by atoms with Gasteiger partial charge in [0.25, 0.3) is 5.91 Å². The van der Waals surface area contributed by atoms with Gasteiger partial charge in [-0.25, -0.2) is 0 Å². The van der Waals surface area contributed by atoms with E-state index in [0.29, 0.717) is 18.0 Å². The number of rotatable bonds is 8. The summed E-state index contributed by atoms with van der Waals surface area (Å²) < 4.78 is 5.97. The first-order valence-electron chi connectivity index (χ1n) is 11.4. The van der Waals surface area contributed by atoms with Crippen molar-refractivity contribution in [3.8, 4) is 5.75 Å². The molecule has 0 bridgehead atoms. The van der Waals surface area contributed by atoms with Crippen molar-refractivity contribution in [2.24, 2.45) is 0 Å². The van der Waals surface area contributed by atoms with Crippen molar-refractivity contribution < 1.29 is 9.53 Å². The summed E-state index contributed by atoms with van der Waals surface area (Å²) in [5.74, 6) is 1.39. The second kappa shape index (κ2) is 10.9. The molecule has 4 rings (SSSR count). The molecule has 166 valence electrons. The van der Waals surface area contributed by atoms with Crippen LogP contribution in [-0.2, 0) is 6.54 Å². The van der Waals surface area contributed by atoms with Gasteiger partial charge in [-0.05, 0) is 74.2 Å². The fraction of sp³-hybridized carbons (Fsp3) is 0.333. The molecule has 5 nitrogen and oxygen atoms in total. The number of benzene rings is 2. The molecule has 0 spiro atoms. The van der Waals surface area contributed by atoms with Gasteiger partial charge in [0.1, 0.15) is 11.9 Å². The third kappa shape index (κ3) is 6.17. The van der Waals surface area contributed by atoms with Gasteiger partial charge in [0.2, 0.25) is 0 Å². The predicted octanol–water partition coefficient (Wildman–Crippen LogP) is 4.66. The van der Waals surface area contributed by atoms with Crippen molar-refractivity contribution in [3.05, 3.63) is 95.8 Å². The van der Waals surface area contributed by atoms with Gasteiger partial charge in [-0.15, -0.1) is 0 Å². The molecule has 1 N–H and O–H groups in total. The third-order valence-corrected chi connectivity index (χ3v) is 6.02. The second-order valence-corrected chi connectivity index (χ2v) is 8.48. The number of carbonyl (C=O) groups excluding carboxylic acids is 1. The number of nitrogens with zero attached hydrogens (tertiary/aromatic N) is 2. The Morgan fingerprint density at radius 2 is 1.72 bits per heavy atom. The van der Waals surface area contributed by atoms with E-state index < -0.39 is 0 Å². The van der Waals surface area contributed by atoms with E-state index in [0.717, 1.165) is 25.4 Å². The first-order chi connectivity index (χ1) is 15.7. The number of carbonyl (C=O) groups is 1. The van der Waals surface area contributed by atoms with E-state index >= 15 is 0 Å². The van der Waals surface area contributed by atoms with Gasteiger partial charge in [0.15, 0.2) is 0 Å². The zero-order valence-corrected chi connectivity index (χ0v) is 18.6. The predicted molar refractivity (Wildman–Crippen MR) is 127 cm³/mol. The molecule has 1 fully saturated rings. The highest BCUT2D eigenvalue weighted by Crippen LogP contribution is 2.28. The van der Waals surface area contributed by atoms with E-state index in [1.807, 2.05) is 19.1 Å². The lowest BCUT2D eigenvalue weighted by Crippen LogP contribution is -2.33. The quantitative estimate of drug-likeness (QED) is 0.566. The molecule has 5 heteroatoms. The fourth-order valence-corrected chi connectivity index (χ4v) is 4.20. The smallest absolute Gasteiger partial charge is 0.251 e. The van der Waals surface area contributed by atoms with E-state index in [4.69, 9.17) is 4.74 Å². The van der Waals surface area contributed by atoms with Crippen LogP contribution < -0.4 is 10.1 Å². The van der Waals surface area contributed by atoms with Crippen LogP contribution in [0.25, 0.3) is 0 Å². The van der Waals surface area contributed by atoms with Crippen molar-refractivity contribution in [3.63, 3.8) is 0 Å². The fourth-order valence-electron chi connectivity index (χ4n) is 4.20. The molecule has 2 aromatic carbocycles. The SMILES string of the molecule is C[C@@H](CNC(=O)c1ccncc1)Oc1ccc(CN2CCC(c3ccccc3)CC2)cc1. The van der Waals surface area contributed by atoms with Crippen LogP contribution in [0.15, 0.2) is 79.1 Å². The third-order valence-electron chi connectivity index (χ3n) is 6.02. The highest BCUT2D eigenvalue weighted by Gasteiger charge is 2.20. The Hall–Kier alpha value is -3.18. The van der Waals surface area contributed by atoms with E-state index in [-0.39, 0.29) is 12.0 Å². The number of ether oxygens (including phenoxy) is 1. The lowest BCUT2D eigenvalue weighted by Gasteiger charge is -2.32. The Morgan fingerprint density at radius 1 is 1.03 bits per heavy atom. The van der Waals surface area contributed by atoms with Crippen molar-refractivity contribution >= 4 is 5.91 Å². The molecule has 3 aromatic rings. The molecule has 0 unspecified atom stereocenters. The van der Waals surface area contributed by atoms with Crippen LogP contribution in [0.5, 0.6) is 5.75 Å². The Kier molecular flexibility index (Phi) is 7.51. The van der Waals surface area contributed by atoms with Gasteiger partial charge in [0, 0.05) is 24.5 Å². The summed E-state index contributed by atoms with van der Waals surface area (Å²) in [5.41, 5.74) is 3.37. The number of nitrogens with one attached hydrogen (secondary N) is 1. The summed E-state index contributed by atoms with van der Waals surface area (Å²) in [6.45, 7) is 5.63. The number of pyridine rings is 1. The van der Waals surface area contributed by atoms with Gasteiger partial charge >= 0.3 is 0 Å². The van der Waals surface area contributed by atoms with Crippen LogP contribution in [0, 0.1) is 0 Å². The molecule has 1 atom stereocenters. The summed E-state index contributed by atoms with van der Waals surface area (Å²) in [7, 11) is 0. The lowest BCUT2D eigenvalue weighted by atomic mass is 9.89. The van der Waals surface area contributed by atoms with Gasteiger partial charge in [-0.2, -0.15) is 0 Å². The molecular weight excluding hydrogens is 398 g/mol. The van der Waals surface area contributed by atoms with Crippen LogP contribution in [-0.4, -0.2) is 41.5 Å². The van der Waals surface area contributed by atoms with Crippen LogP contribution in [0.1, 0.15) is 47.2 Å². The van der Waals surface area contributed by atoms with Gasteiger partial charge in [0.05, 0.1) is 6.54 Å². The van der Waals surface area contributed by atoms with E-state index in [2.05, 4.69) is 57.7 Å². The van der Waals surface area contributed by atoms with Crippen LogP contribution in [0.4, 0.5) is 0 Å². The van der Waals surface area contributed by atoms with Gasteiger partial charge < -0.3 is 10.1 Å². The van der Waals surface area contributed by atoms with Crippen LogP contribution in [0.2, 0.25) is 0 Å². The average Bonchev–Trinajstić information content (AvgIpc) is 2.85. The summed E-state index contributed by atoms with van der Waals surface area (Å²) in [6.07, 6.45) is 5.54. The Morgan fingerprint density at radius 3 is 2.41 bits per heavy atom. The van der Waals surface area contributed by atoms with E-state index in [1.165, 1.54) is 24.0 Å². The zero-order chi connectivity index (χ0) is 22.2. The zero-order valence-electron chi connectivity index (χ0n) is 18.6. The van der Waals surface area contributed by atoms with Crippen molar-refractivity contribution in [1.82, 2.24) is 15.2 Å². The largest absolute Gasteiger partial charge is 0.489 e. The standard InChI is InChI=1S/C27H31N3O2/c1-21(19-29-27(31)25-11-15-28-16-12-25)32-26-9-7-22(8-10-26)20-30-17-13-24(14-18-30)23-5-3-2-4-6-23/h2-12,15-16,21,24H,13-14,17-20H2,1H3,(H,29,31)/t21-/m0/s1. The molecule has 1 amide bonds. The maximum atomic E-state index is 12.1. The Bertz CT molecular complexity index is 969. The minimum Gasteiger partial charge on any atom is -0.489 e. The number of piperidine rings is 1. The molecule has 1 aromatic heterocycles. The molecule has 0 radical (unpaired) electrons. The molecule has 0 saturated carbocycles. The van der Waals surface area contributed by atoms with Crippen molar-refractivity contribution in [1.29, 1.82) is 0 Å². The van der Waals surface area contributed by atoms with Gasteiger partial charge in [-0.3, -0.25) is 14.7 Å². The van der Waals surface area contributed by atoms with Crippen molar-refractivity contribution in [2.75, 3.05) is 19.6 Å². The van der Waals surface area contributed by atoms with Crippen LogP contribution in [0.3, 0.4) is 0 Å². The van der Waals surface area contributed by atoms with E-state index in [9.17, 15) is 4.79 Å². The number of hydrogen-bond donors (Lipinski definition) is 1. The molecule has 0 aliphatic carbocycles. The first-order valence-corrected chi connectivity index (χ1v) is 11.4. The highest BCUT2D eigenvalue weighted by molar-refractivity contribution is 5.93. The number of likely N-dealkylation sites (tertiary alicyclic amines) is 1. The molecule has 1 aliphatic rings. The lowest BCUT2D eigenvalue weighted by molar-refractivity contribution is 0.0932. The average molecular weight is 430 g/mol. The van der Waals surface area contributed by atoms with Gasteiger partial charge in [-0.1, -0.05) is 42.5 Å². The summed E-state index contributed by atoms with van der Waals surface area (Å²) in [6, 6.07) is 22.6. The summed E-state index contributed by atoms with van der Waals surface area (Å²) >= 11 is 0. The first kappa shape index (κ1) is 22.0. The maximum absolute atomic E-state index is 12.1.